The van der Waals surface area contributed by atoms with Crippen molar-refractivity contribution in [3.05, 3.63) is 65.7 Å². The summed E-state index contributed by atoms with van der Waals surface area (Å²) in [7, 11) is -3.69. The van der Waals surface area contributed by atoms with Crippen LogP contribution in [0.4, 0.5) is 0 Å². The second-order valence-corrected chi connectivity index (χ2v) is 5.71. The summed E-state index contributed by atoms with van der Waals surface area (Å²) < 4.78 is 22.3. The largest absolute Gasteiger partial charge is 0.238 e. The van der Waals surface area contributed by atoms with Crippen LogP contribution in [0.1, 0.15) is 11.1 Å². The Balaban J connectivity index is 2.37. The summed E-state index contributed by atoms with van der Waals surface area (Å²) in [6.07, 6.45) is 1.70. The molecule has 0 fully saturated rings. The van der Waals surface area contributed by atoms with Crippen molar-refractivity contribution < 1.29 is 8.42 Å². The van der Waals surface area contributed by atoms with Crippen molar-refractivity contribution in [1.82, 2.24) is 0 Å². The zero-order chi connectivity index (χ0) is 14.6. The molecule has 0 heterocycles. The second kappa shape index (κ2) is 5.70. The van der Waals surface area contributed by atoms with E-state index in [1.54, 1.807) is 18.2 Å². The monoisotopic (exact) mass is 284 g/mol. The average molecular weight is 284 g/mol. The minimum absolute atomic E-state index is 0.0490. The molecule has 0 aliphatic rings. The van der Waals surface area contributed by atoms with Crippen molar-refractivity contribution in [3.8, 4) is 6.07 Å². The van der Waals surface area contributed by atoms with Crippen LogP contribution >= 0.6 is 0 Å². The van der Waals surface area contributed by atoms with Gasteiger partial charge in [0.1, 0.15) is 0 Å². The maximum atomic E-state index is 11.2. The first kappa shape index (κ1) is 14.0. The van der Waals surface area contributed by atoms with Crippen molar-refractivity contribution in [1.29, 1.82) is 5.26 Å². The van der Waals surface area contributed by atoms with Gasteiger partial charge in [-0.25, -0.2) is 13.6 Å². The zero-order valence-electron chi connectivity index (χ0n) is 10.5. The van der Waals surface area contributed by atoms with Crippen LogP contribution in [0.2, 0.25) is 0 Å². The summed E-state index contributed by atoms with van der Waals surface area (Å²) >= 11 is 0. The third-order valence-electron chi connectivity index (χ3n) is 2.72. The number of hydrogen-bond acceptors (Lipinski definition) is 3. The fourth-order valence-corrected chi connectivity index (χ4v) is 2.23. The SMILES string of the molecule is N#C/C(=C/c1ccc(S(N)(=O)=O)cc1)c1ccccc1. The molecule has 0 aliphatic heterocycles. The van der Waals surface area contributed by atoms with Crippen LogP contribution in [0.15, 0.2) is 59.5 Å². The molecule has 2 N–H and O–H groups in total. The molecule has 0 aliphatic carbocycles. The minimum Gasteiger partial charge on any atom is -0.225 e. The first-order valence-electron chi connectivity index (χ1n) is 5.81. The minimum atomic E-state index is -3.69. The van der Waals surface area contributed by atoms with Crippen LogP contribution in [-0.4, -0.2) is 8.42 Å². The van der Waals surface area contributed by atoms with Gasteiger partial charge in [-0.1, -0.05) is 42.5 Å². The van der Waals surface area contributed by atoms with Crippen molar-refractivity contribution in [2.75, 3.05) is 0 Å². The van der Waals surface area contributed by atoms with Crippen LogP contribution in [0.3, 0.4) is 0 Å². The first-order valence-corrected chi connectivity index (χ1v) is 7.35. The van der Waals surface area contributed by atoms with Crippen molar-refractivity contribution in [3.63, 3.8) is 0 Å². The van der Waals surface area contributed by atoms with Gasteiger partial charge in [0.2, 0.25) is 10.0 Å². The van der Waals surface area contributed by atoms with E-state index in [4.69, 9.17) is 5.14 Å². The van der Waals surface area contributed by atoms with Crippen molar-refractivity contribution in [2.24, 2.45) is 5.14 Å². The van der Waals surface area contributed by atoms with Gasteiger partial charge >= 0.3 is 0 Å². The Morgan fingerprint density at radius 1 is 1.05 bits per heavy atom. The van der Waals surface area contributed by atoms with Gasteiger partial charge in [-0.2, -0.15) is 5.26 Å². The Bertz CT molecular complexity index is 771. The van der Waals surface area contributed by atoms with Gasteiger partial charge in [-0.05, 0) is 29.3 Å². The molecule has 0 atom stereocenters. The predicted octanol–water partition coefficient (Wildman–Crippen LogP) is 2.40. The smallest absolute Gasteiger partial charge is 0.225 e. The number of primary sulfonamides is 1. The highest BCUT2D eigenvalue weighted by Gasteiger charge is 2.06. The number of nitrogens with two attached hydrogens (primary N) is 1. The van der Waals surface area contributed by atoms with Gasteiger partial charge in [-0.3, -0.25) is 0 Å². The van der Waals surface area contributed by atoms with Crippen LogP contribution in [-0.2, 0) is 10.0 Å². The Morgan fingerprint density at radius 2 is 1.65 bits per heavy atom. The predicted molar refractivity (Wildman–Crippen MR) is 77.7 cm³/mol. The molecule has 4 nitrogen and oxygen atoms in total. The maximum absolute atomic E-state index is 11.2. The highest BCUT2D eigenvalue weighted by atomic mass is 32.2. The summed E-state index contributed by atoms with van der Waals surface area (Å²) in [5.41, 5.74) is 2.05. The van der Waals surface area contributed by atoms with Crippen LogP contribution < -0.4 is 5.14 Å². The molecule has 2 aromatic rings. The number of allylic oxidation sites excluding steroid dienone is 1. The molecule has 20 heavy (non-hydrogen) atoms. The fraction of sp³-hybridized carbons (Fsp3) is 0. The summed E-state index contributed by atoms with van der Waals surface area (Å²) in [5.74, 6) is 0. The zero-order valence-corrected chi connectivity index (χ0v) is 11.3. The molecular weight excluding hydrogens is 272 g/mol. The molecule has 0 amide bonds. The Hall–Kier alpha value is -2.42. The fourth-order valence-electron chi connectivity index (χ4n) is 1.72. The van der Waals surface area contributed by atoms with E-state index in [0.717, 1.165) is 11.1 Å². The molecule has 2 aromatic carbocycles. The van der Waals surface area contributed by atoms with E-state index in [2.05, 4.69) is 6.07 Å². The molecule has 0 radical (unpaired) electrons. The lowest BCUT2D eigenvalue weighted by Crippen LogP contribution is -2.11. The van der Waals surface area contributed by atoms with Gasteiger partial charge in [0.05, 0.1) is 16.5 Å². The average Bonchev–Trinajstić information content (AvgIpc) is 2.45. The van der Waals surface area contributed by atoms with Crippen molar-refractivity contribution in [2.45, 2.75) is 4.90 Å². The van der Waals surface area contributed by atoms with E-state index >= 15 is 0 Å². The van der Waals surface area contributed by atoms with Crippen molar-refractivity contribution >= 4 is 21.7 Å². The summed E-state index contributed by atoms with van der Waals surface area (Å²) in [6, 6.07) is 17.4. The number of sulfonamides is 1. The Kier molecular flexibility index (Phi) is 3.99. The maximum Gasteiger partial charge on any atom is 0.238 e. The molecule has 2 rings (SSSR count). The third kappa shape index (κ3) is 3.32. The molecule has 100 valence electrons. The highest BCUT2D eigenvalue weighted by molar-refractivity contribution is 7.89. The molecule has 0 aromatic heterocycles. The summed E-state index contributed by atoms with van der Waals surface area (Å²) in [5, 5.41) is 14.2. The van der Waals surface area contributed by atoms with E-state index in [9.17, 15) is 13.7 Å². The third-order valence-corrected chi connectivity index (χ3v) is 3.65. The Morgan fingerprint density at radius 3 is 2.15 bits per heavy atom. The number of nitriles is 1. The molecule has 0 bridgehead atoms. The number of nitrogens with zero attached hydrogens (tertiary/aromatic N) is 1. The van der Waals surface area contributed by atoms with E-state index in [1.165, 1.54) is 12.1 Å². The lowest BCUT2D eigenvalue weighted by atomic mass is 10.0. The van der Waals surface area contributed by atoms with E-state index in [0.29, 0.717) is 5.57 Å². The quantitative estimate of drug-likeness (QED) is 0.693. The van der Waals surface area contributed by atoms with Crippen LogP contribution in [0.25, 0.3) is 11.6 Å². The standard InChI is InChI=1S/C15H12N2O2S/c16-11-14(13-4-2-1-3-5-13)10-12-6-8-15(9-7-12)20(17,18)19/h1-10H,(H2,17,18,19)/b14-10-. The van der Waals surface area contributed by atoms with E-state index in [1.807, 2.05) is 30.3 Å². The van der Waals surface area contributed by atoms with E-state index < -0.39 is 10.0 Å². The molecular formula is C15H12N2O2S. The number of hydrogen-bond donors (Lipinski definition) is 1. The Labute approximate surface area is 117 Å². The van der Waals surface area contributed by atoms with Gasteiger partial charge in [0.25, 0.3) is 0 Å². The number of rotatable bonds is 3. The van der Waals surface area contributed by atoms with Crippen LogP contribution in [0.5, 0.6) is 0 Å². The highest BCUT2D eigenvalue weighted by Crippen LogP contribution is 2.18. The lowest BCUT2D eigenvalue weighted by molar-refractivity contribution is 0.598. The summed E-state index contributed by atoms with van der Waals surface area (Å²) in [6.45, 7) is 0. The van der Waals surface area contributed by atoms with Crippen LogP contribution in [0, 0.1) is 11.3 Å². The molecule has 5 heteroatoms. The molecule has 0 unspecified atom stereocenters. The first-order chi connectivity index (χ1) is 9.50. The summed E-state index contributed by atoms with van der Waals surface area (Å²) in [4.78, 5) is 0.0490. The second-order valence-electron chi connectivity index (χ2n) is 4.15. The number of benzene rings is 2. The topological polar surface area (TPSA) is 83.9 Å². The molecule has 0 spiro atoms. The van der Waals surface area contributed by atoms with Gasteiger partial charge in [-0.15, -0.1) is 0 Å². The van der Waals surface area contributed by atoms with E-state index in [-0.39, 0.29) is 4.90 Å². The van der Waals surface area contributed by atoms with Gasteiger partial charge < -0.3 is 0 Å². The van der Waals surface area contributed by atoms with Gasteiger partial charge in [0, 0.05) is 0 Å². The van der Waals surface area contributed by atoms with Gasteiger partial charge in [0.15, 0.2) is 0 Å². The molecule has 0 saturated heterocycles. The normalized spacial score (nSPS) is 11.9. The lowest BCUT2D eigenvalue weighted by Gasteiger charge is -2.01. The molecule has 0 saturated carbocycles.